The minimum absolute atomic E-state index is 0.146. The molecule has 1 aliphatic rings. The molecule has 0 radical (unpaired) electrons. The molecule has 60 valence electrons. The highest BCUT2D eigenvalue weighted by Gasteiger charge is 2.47. The minimum Gasteiger partial charge on any atom is -0.207 e. The highest BCUT2D eigenvalue weighted by atomic mass is 19.3. The summed E-state index contributed by atoms with van der Waals surface area (Å²) >= 11 is 0. The number of hydrogen-bond donors (Lipinski definition) is 1. The predicted octanol–water partition coefficient (Wildman–Crippen LogP) is 0.712. The molecule has 6 heteroatoms. The first-order chi connectivity index (χ1) is 5.17. The number of nitrogens with one attached hydrogen (secondary N) is 1. The molecule has 0 amide bonds. The molecule has 11 heavy (non-hydrogen) atoms. The third-order valence-corrected chi connectivity index (χ3v) is 1.82. The summed E-state index contributed by atoms with van der Waals surface area (Å²) in [5.74, 6) is -2.31. The summed E-state index contributed by atoms with van der Waals surface area (Å²) < 4.78 is 24.6. The number of halogens is 2. The van der Waals surface area contributed by atoms with E-state index in [4.69, 9.17) is 0 Å². The Morgan fingerprint density at radius 1 is 1.45 bits per heavy atom. The lowest BCUT2D eigenvalue weighted by atomic mass is 9.81. The zero-order valence-electron chi connectivity index (χ0n) is 5.59. The lowest BCUT2D eigenvalue weighted by Gasteiger charge is -2.32. The second kappa shape index (κ2) is 1.96. The van der Waals surface area contributed by atoms with E-state index in [1.165, 1.54) is 0 Å². The van der Waals surface area contributed by atoms with Crippen molar-refractivity contribution in [2.45, 2.75) is 24.7 Å². The molecule has 2 rings (SSSR count). The quantitative estimate of drug-likeness (QED) is 0.658. The third kappa shape index (κ3) is 1.08. The molecule has 0 aromatic carbocycles. The van der Waals surface area contributed by atoms with Gasteiger partial charge in [0.1, 0.15) is 0 Å². The molecular weight excluding hydrogens is 154 g/mol. The average Bonchev–Trinajstić information content (AvgIpc) is 2.32. The first-order valence-corrected chi connectivity index (χ1v) is 3.28. The fourth-order valence-electron chi connectivity index (χ4n) is 1.19. The van der Waals surface area contributed by atoms with E-state index in [1.54, 1.807) is 0 Å². The Bertz CT molecular complexity index is 237. The topological polar surface area (TPSA) is 54.5 Å². The molecule has 0 atom stereocenters. The van der Waals surface area contributed by atoms with Crippen molar-refractivity contribution < 1.29 is 8.78 Å². The van der Waals surface area contributed by atoms with Crippen LogP contribution in [0, 0.1) is 0 Å². The van der Waals surface area contributed by atoms with Crippen molar-refractivity contribution in [1.82, 2.24) is 20.6 Å². The van der Waals surface area contributed by atoms with Crippen molar-refractivity contribution in [3.8, 4) is 0 Å². The van der Waals surface area contributed by atoms with Gasteiger partial charge in [-0.25, -0.2) is 8.78 Å². The molecule has 1 aromatic heterocycles. The largest absolute Gasteiger partial charge is 0.249 e. The molecular formula is C5H6F2N4. The number of hydrogen-bond acceptors (Lipinski definition) is 3. The van der Waals surface area contributed by atoms with E-state index < -0.39 is 5.92 Å². The maximum Gasteiger partial charge on any atom is 0.249 e. The standard InChI is InChI=1S/C5H6F2N4/c6-5(7)1-3(2-5)4-8-10-11-9-4/h3H,1-2H2,(H,8,9,10,11). The molecule has 0 spiro atoms. The Balaban J connectivity index is 2.03. The van der Waals surface area contributed by atoms with Gasteiger partial charge in [-0.1, -0.05) is 5.21 Å². The van der Waals surface area contributed by atoms with Gasteiger partial charge in [0.05, 0.1) is 0 Å². The van der Waals surface area contributed by atoms with Gasteiger partial charge < -0.3 is 0 Å². The van der Waals surface area contributed by atoms with E-state index in [9.17, 15) is 8.78 Å². The molecule has 4 nitrogen and oxygen atoms in total. The lowest BCUT2D eigenvalue weighted by Crippen LogP contribution is -2.34. The molecule has 0 aliphatic heterocycles. The summed E-state index contributed by atoms with van der Waals surface area (Å²) in [7, 11) is 0. The maximum atomic E-state index is 12.3. The van der Waals surface area contributed by atoms with Crippen LogP contribution in [0.4, 0.5) is 8.78 Å². The molecule has 0 bridgehead atoms. The molecule has 1 fully saturated rings. The van der Waals surface area contributed by atoms with Crippen molar-refractivity contribution in [2.24, 2.45) is 0 Å². The first kappa shape index (κ1) is 6.63. The van der Waals surface area contributed by atoms with Crippen molar-refractivity contribution >= 4 is 0 Å². The van der Waals surface area contributed by atoms with Gasteiger partial charge in [0.25, 0.3) is 0 Å². The van der Waals surface area contributed by atoms with Crippen LogP contribution in [0.1, 0.15) is 24.6 Å². The zero-order valence-corrected chi connectivity index (χ0v) is 5.59. The number of tetrazole rings is 1. The van der Waals surface area contributed by atoms with Gasteiger partial charge in [-0.15, -0.1) is 10.2 Å². The van der Waals surface area contributed by atoms with Gasteiger partial charge >= 0.3 is 0 Å². The first-order valence-electron chi connectivity index (χ1n) is 3.28. The lowest BCUT2D eigenvalue weighted by molar-refractivity contribution is -0.0885. The highest BCUT2D eigenvalue weighted by molar-refractivity contribution is 5.03. The summed E-state index contributed by atoms with van der Waals surface area (Å²) in [6, 6.07) is 0. The SMILES string of the molecule is FC1(F)CC(c2nn[nH]n2)C1. The predicted molar refractivity (Wildman–Crippen MR) is 31.1 cm³/mol. The number of rotatable bonds is 1. The highest BCUT2D eigenvalue weighted by Crippen LogP contribution is 2.46. The fraction of sp³-hybridized carbons (Fsp3) is 0.800. The second-order valence-corrected chi connectivity index (χ2v) is 2.73. The number of nitrogens with zero attached hydrogens (tertiary/aromatic N) is 3. The Hall–Kier alpha value is -1.07. The Labute approximate surface area is 61.0 Å². The fourth-order valence-corrected chi connectivity index (χ4v) is 1.19. The molecule has 0 saturated heterocycles. The Kier molecular flexibility index (Phi) is 1.18. The summed E-state index contributed by atoms with van der Waals surface area (Å²) in [5, 5.41) is 12.8. The number of aromatic amines is 1. The monoisotopic (exact) mass is 160 g/mol. The van der Waals surface area contributed by atoms with E-state index in [0.29, 0.717) is 5.82 Å². The minimum atomic E-state index is -2.51. The van der Waals surface area contributed by atoms with E-state index in [1.807, 2.05) is 0 Å². The van der Waals surface area contributed by atoms with Crippen LogP contribution in [-0.4, -0.2) is 26.5 Å². The van der Waals surface area contributed by atoms with Crippen molar-refractivity contribution in [2.75, 3.05) is 0 Å². The van der Waals surface area contributed by atoms with Gasteiger partial charge in [0, 0.05) is 18.8 Å². The van der Waals surface area contributed by atoms with E-state index >= 15 is 0 Å². The average molecular weight is 160 g/mol. The van der Waals surface area contributed by atoms with Gasteiger partial charge in [-0.05, 0) is 0 Å². The summed E-state index contributed by atoms with van der Waals surface area (Å²) in [4.78, 5) is 0. The Morgan fingerprint density at radius 2 is 2.18 bits per heavy atom. The summed E-state index contributed by atoms with van der Waals surface area (Å²) in [5.41, 5.74) is 0. The molecule has 1 saturated carbocycles. The zero-order chi connectivity index (χ0) is 7.90. The van der Waals surface area contributed by atoms with Gasteiger partial charge in [0.2, 0.25) is 5.92 Å². The molecule has 1 N–H and O–H groups in total. The van der Waals surface area contributed by atoms with E-state index in [0.717, 1.165) is 0 Å². The number of alkyl halides is 2. The molecule has 1 heterocycles. The van der Waals surface area contributed by atoms with Gasteiger partial charge in [-0.2, -0.15) is 5.21 Å². The Morgan fingerprint density at radius 3 is 2.64 bits per heavy atom. The van der Waals surface area contributed by atoms with Crippen LogP contribution in [0.15, 0.2) is 0 Å². The summed E-state index contributed by atoms with van der Waals surface area (Å²) in [6.45, 7) is 0. The van der Waals surface area contributed by atoms with Gasteiger partial charge in [0.15, 0.2) is 5.82 Å². The van der Waals surface area contributed by atoms with Gasteiger partial charge in [-0.3, -0.25) is 0 Å². The van der Waals surface area contributed by atoms with Crippen LogP contribution in [0.3, 0.4) is 0 Å². The van der Waals surface area contributed by atoms with Crippen LogP contribution in [0.25, 0.3) is 0 Å². The van der Waals surface area contributed by atoms with Crippen LogP contribution >= 0.6 is 0 Å². The van der Waals surface area contributed by atoms with Crippen molar-refractivity contribution in [1.29, 1.82) is 0 Å². The van der Waals surface area contributed by atoms with Crippen LogP contribution in [0.2, 0.25) is 0 Å². The molecule has 1 aromatic rings. The number of H-pyrrole nitrogens is 1. The van der Waals surface area contributed by atoms with E-state index in [2.05, 4.69) is 20.6 Å². The number of aromatic nitrogens is 4. The summed E-state index contributed by atoms with van der Waals surface area (Å²) in [6.07, 6.45) is -0.293. The van der Waals surface area contributed by atoms with E-state index in [-0.39, 0.29) is 18.8 Å². The second-order valence-electron chi connectivity index (χ2n) is 2.73. The molecule has 1 aliphatic carbocycles. The van der Waals surface area contributed by atoms with Crippen LogP contribution in [0.5, 0.6) is 0 Å². The maximum absolute atomic E-state index is 12.3. The normalized spacial score (nSPS) is 23.1. The third-order valence-electron chi connectivity index (χ3n) is 1.82. The van der Waals surface area contributed by atoms with Crippen molar-refractivity contribution in [3.05, 3.63) is 5.82 Å². The van der Waals surface area contributed by atoms with Crippen LogP contribution < -0.4 is 0 Å². The molecule has 0 unspecified atom stereocenters. The van der Waals surface area contributed by atoms with Crippen molar-refractivity contribution in [3.63, 3.8) is 0 Å². The smallest absolute Gasteiger partial charge is 0.207 e. The van der Waals surface area contributed by atoms with Crippen LogP contribution in [-0.2, 0) is 0 Å².